The highest BCUT2D eigenvalue weighted by atomic mass is 35.5. The third kappa shape index (κ3) is 7.68. The molecule has 200 valence electrons. The minimum absolute atomic E-state index is 0.0325. The summed E-state index contributed by atoms with van der Waals surface area (Å²) in [6.07, 6.45) is 2.16. The topological polar surface area (TPSA) is 115 Å². The maximum absolute atomic E-state index is 13.3. The van der Waals surface area contributed by atoms with E-state index in [1.54, 1.807) is 35.3 Å². The van der Waals surface area contributed by atoms with Gasteiger partial charge in [-0.25, -0.2) is 5.01 Å². The van der Waals surface area contributed by atoms with Gasteiger partial charge in [0.2, 0.25) is 0 Å². The highest BCUT2D eigenvalue weighted by Gasteiger charge is 2.35. The second kappa shape index (κ2) is 12.5. The third-order valence-corrected chi connectivity index (χ3v) is 7.94. The number of hydrogen-bond donors (Lipinski definition) is 3. The lowest BCUT2D eigenvalue weighted by Crippen LogP contribution is -2.49. The Morgan fingerprint density at radius 1 is 1.14 bits per heavy atom. The fourth-order valence-corrected chi connectivity index (χ4v) is 5.59. The lowest BCUT2D eigenvalue weighted by Gasteiger charge is -2.25. The van der Waals surface area contributed by atoms with Crippen LogP contribution in [0.15, 0.2) is 47.6 Å². The number of hydrazine groups is 1. The van der Waals surface area contributed by atoms with E-state index in [2.05, 4.69) is 10.5 Å². The lowest BCUT2D eigenvalue weighted by molar-refractivity contribution is -0.120. The molecule has 3 N–H and O–H groups in total. The van der Waals surface area contributed by atoms with Crippen LogP contribution in [0.25, 0.3) is 0 Å². The zero-order valence-electron chi connectivity index (χ0n) is 19.9. The van der Waals surface area contributed by atoms with Crippen molar-refractivity contribution in [2.75, 3.05) is 30.9 Å². The van der Waals surface area contributed by atoms with Gasteiger partial charge in [-0.15, -0.1) is 0 Å². The summed E-state index contributed by atoms with van der Waals surface area (Å²) in [5.41, 5.74) is 4.90. The number of carbonyl (C=O) groups is 1. The Labute approximate surface area is 230 Å². The van der Waals surface area contributed by atoms with Crippen LogP contribution < -0.4 is 10.4 Å². The van der Waals surface area contributed by atoms with Gasteiger partial charge in [0.15, 0.2) is 0 Å². The van der Waals surface area contributed by atoms with E-state index in [0.717, 1.165) is 18.4 Å². The lowest BCUT2D eigenvalue weighted by atomic mass is 10.0. The fourth-order valence-electron chi connectivity index (χ4n) is 4.42. The number of halogens is 3. The fraction of sp³-hybridized carbons (Fsp3) is 0.417. The van der Waals surface area contributed by atoms with Crippen molar-refractivity contribution >= 4 is 59.7 Å². The predicted molar refractivity (Wildman–Crippen MR) is 145 cm³/mol. The van der Waals surface area contributed by atoms with Crippen LogP contribution in [0.5, 0.6) is 0 Å². The SMILES string of the molecule is O=C(NN1CCCC1COCCCP(=O)(O)O)C1=NN(c2ccc(Cl)cc2Cl)C(c2ccc(Cl)cc2)C1. The van der Waals surface area contributed by atoms with Gasteiger partial charge in [0.25, 0.3) is 5.91 Å². The van der Waals surface area contributed by atoms with Crippen LogP contribution in [0.1, 0.15) is 37.3 Å². The summed E-state index contributed by atoms with van der Waals surface area (Å²) in [6.45, 7) is 1.27. The van der Waals surface area contributed by atoms with Crippen LogP contribution >= 0.6 is 42.4 Å². The Bertz CT molecular complexity index is 1190. The molecule has 9 nitrogen and oxygen atoms in total. The van der Waals surface area contributed by atoms with Gasteiger partial charge < -0.3 is 14.5 Å². The van der Waals surface area contributed by atoms with Crippen molar-refractivity contribution in [3.63, 3.8) is 0 Å². The maximum atomic E-state index is 13.3. The first-order valence-electron chi connectivity index (χ1n) is 11.9. The Kier molecular flexibility index (Phi) is 9.53. The van der Waals surface area contributed by atoms with Crippen LogP contribution in [-0.2, 0) is 14.1 Å². The quantitative estimate of drug-likeness (QED) is 0.263. The van der Waals surface area contributed by atoms with Crippen molar-refractivity contribution in [2.24, 2.45) is 5.10 Å². The van der Waals surface area contributed by atoms with Crippen molar-refractivity contribution in [3.8, 4) is 0 Å². The first-order chi connectivity index (χ1) is 17.6. The van der Waals surface area contributed by atoms with Crippen molar-refractivity contribution in [1.29, 1.82) is 0 Å². The van der Waals surface area contributed by atoms with E-state index in [-0.39, 0.29) is 37.2 Å². The van der Waals surface area contributed by atoms with Gasteiger partial charge in [-0.3, -0.25) is 19.8 Å². The van der Waals surface area contributed by atoms with E-state index in [0.29, 0.717) is 46.0 Å². The Morgan fingerprint density at radius 2 is 1.86 bits per heavy atom. The molecule has 0 aliphatic carbocycles. The molecule has 2 aliphatic rings. The molecule has 13 heteroatoms. The molecule has 2 aliphatic heterocycles. The van der Waals surface area contributed by atoms with Gasteiger partial charge in [-0.05, 0) is 55.2 Å². The number of rotatable bonds is 10. The minimum atomic E-state index is -4.02. The molecular weight excluding hydrogens is 562 g/mol. The number of nitrogens with one attached hydrogen (secondary N) is 1. The number of hydrogen-bond acceptors (Lipinski definition) is 6. The summed E-state index contributed by atoms with van der Waals surface area (Å²) in [5, 5.41) is 9.78. The maximum Gasteiger partial charge on any atom is 0.325 e. The van der Waals surface area contributed by atoms with E-state index < -0.39 is 7.60 Å². The van der Waals surface area contributed by atoms with Crippen LogP contribution in [-0.4, -0.2) is 58.4 Å². The molecule has 0 bridgehead atoms. The number of amides is 1. The number of benzene rings is 2. The summed E-state index contributed by atoms with van der Waals surface area (Å²) in [5.74, 6) is -0.306. The molecule has 2 aromatic rings. The van der Waals surface area contributed by atoms with Gasteiger partial charge in [-0.1, -0.05) is 46.9 Å². The zero-order chi connectivity index (χ0) is 26.6. The molecule has 1 amide bonds. The third-order valence-electron chi connectivity index (χ3n) is 6.25. The first-order valence-corrected chi connectivity index (χ1v) is 14.8. The number of anilines is 1. The van der Waals surface area contributed by atoms with Gasteiger partial charge in [0, 0.05) is 29.6 Å². The summed E-state index contributed by atoms with van der Waals surface area (Å²) in [6, 6.07) is 12.2. The van der Waals surface area contributed by atoms with Crippen LogP contribution in [0.4, 0.5) is 5.69 Å². The molecule has 1 saturated heterocycles. The minimum Gasteiger partial charge on any atom is -0.380 e. The normalized spacial score (nSPS) is 20.4. The summed E-state index contributed by atoms with van der Waals surface area (Å²) < 4.78 is 16.6. The second-order valence-electron chi connectivity index (χ2n) is 9.01. The van der Waals surface area contributed by atoms with Crippen molar-refractivity contribution < 1.29 is 23.9 Å². The predicted octanol–water partition coefficient (Wildman–Crippen LogP) is 5.03. The molecule has 1 fully saturated rings. The molecule has 2 atom stereocenters. The molecule has 2 heterocycles. The Hall–Kier alpha value is -1.68. The van der Waals surface area contributed by atoms with Gasteiger partial charge in [0.1, 0.15) is 5.71 Å². The Morgan fingerprint density at radius 3 is 2.57 bits per heavy atom. The molecule has 4 rings (SSSR count). The molecule has 2 unspecified atom stereocenters. The molecule has 2 aromatic carbocycles. The molecular formula is C24H28Cl3N4O5P. The highest BCUT2D eigenvalue weighted by molar-refractivity contribution is 7.51. The second-order valence-corrected chi connectivity index (χ2v) is 12.1. The monoisotopic (exact) mass is 588 g/mol. The van der Waals surface area contributed by atoms with E-state index in [1.165, 1.54) is 0 Å². The highest BCUT2D eigenvalue weighted by Crippen LogP contribution is 2.40. The summed E-state index contributed by atoms with van der Waals surface area (Å²) >= 11 is 18.7. The van der Waals surface area contributed by atoms with Crippen LogP contribution in [0.2, 0.25) is 15.1 Å². The number of nitrogens with zero attached hydrogens (tertiary/aromatic N) is 3. The Balaban J connectivity index is 1.44. The van der Waals surface area contributed by atoms with Crippen molar-refractivity contribution in [2.45, 2.75) is 37.8 Å². The van der Waals surface area contributed by atoms with E-state index in [4.69, 9.17) is 49.3 Å². The van der Waals surface area contributed by atoms with Crippen LogP contribution in [0.3, 0.4) is 0 Å². The van der Waals surface area contributed by atoms with Crippen molar-refractivity contribution in [3.05, 3.63) is 63.1 Å². The summed E-state index contributed by atoms with van der Waals surface area (Å²) in [7, 11) is -4.02. The average molecular weight is 590 g/mol. The van der Waals surface area contributed by atoms with Crippen LogP contribution in [0, 0.1) is 0 Å². The largest absolute Gasteiger partial charge is 0.380 e. The van der Waals surface area contributed by atoms with Gasteiger partial charge in [-0.2, -0.15) is 5.10 Å². The van der Waals surface area contributed by atoms with Gasteiger partial charge >= 0.3 is 7.60 Å². The number of carbonyl (C=O) groups excluding carboxylic acids is 1. The molecule has 37 heavy (non-hydrogen) atoms. The first kappa shape index (κ1) is 28.3. The number of ether oxygens (including phenoxy) is 1. The zero-order valence-corrected chi connectivity index (χ0v) is 23.1. The number of hydrazone groups is 1. The smallest absolute Gasteiger partial charge is 0.325 e. The van der Waals surface area contributed by atoms with E-state index >= 15 is 0 Å². The van der Waals surface area contributed by atoms with Gasteiger partial charge in [0.05, 0.1) is 35.6 Å². The van der Waals surface area contributed by atoms with Crippen molar-refractivity contribution in [1.82, 2.24) is 10.4 Å². The van der Waals surface area contributed by atoms with E-state index in [9.17, 15) is 9.36 Å². The molecule has 0 spiro atoms. The average Bonchev–Trinajstić information content (AvgIpc) is 3.46. The molecule has 0 radical (unpaired) electrons. The molecule has 0 aromatic heterocycles. The summed E-state index contributed by atoms with van der Waals surface area (Å²) in [4.78, 5) is 31.2. The molecule has 0 saturated carbocycles. The van der Waals surface area contributed by atoms with E-state index in [1.807, 2.05) is 17.1 Å². The standard InChI is InChI=1S/C24H28Cl3N4O5P/c25-17-6-4-16(5-7-17)23-14-21(28-31(23)22-9-8-18(26)13-20(22)27)24(32)29-30-10-1-3-19(30)15-36-11-2-12-37(33,34)35/h4-9,13,19,23H,1-3,10-12,14-15H2,(H,29,32)(H2,33,34,35).